The van der Waals surface area contributed by atoms with Crippen molar-refractivity contribution in [2.24, 2.45) is 0 Å². The Hall–Kier alpha value is -1.38. The molecular formula is C15H23BrN4O3. The van der Waals surface area contributed by atoms with Gasteiger partial charge in [-0.15, -0.1) is 0 Å². The fraction of sp³-hybridized carbons (Fsp3) is 0.600. The van der Waals surface area contributed by atoms with Gasteiger partial charge in [0.1, 0.15) is 11.9 Å². The Balaban J connectivity index is 2.09. The number of pyridine rings is 1. The topological polar surface area (TPSA) is 89.7 Å². The van der Waals surface area contributed by atoms with E-state index in [9.17, 15) is 4.79 Å². The predicted molar refractivity (Wildman–Crippen MR) is 92.2 cm³/mol. The maximum Gasteiger partial charge on any atom is 0.324 e. The number of aromatic nitrogens is 1. The summed E-state index contributed by atoms with van der Waals surface area (Å²) >= 11 is 3.36. The Morgan fingerprint density at radius 3 is 2.83 bits per heavy atom. The molecule has 0 amide bonds. The van der Waals surface area contributed by atoms with Crippen LogP contribution < -0.4 is 11.1 Å². The van der Waals surface area contributed by atoms with Crippen LogP contribution in [0, 0.1) is 0 Å². The molecule has 7 nitrogen and oxygen atoms in total. The molecule has 0 spiro atoms. The molecule has 1 fully saturated rings. The van der Waals surface area contributed by atoms with E-state index in [0.29, 0.717) is 31.1 Å². The van der Waals surface area contributed by atoms with Gasteiger partial charge >= 0.3 is 5.97 Å². The van der Waals surface area contributed by atoms with Crippen molar-refractivity contribution < 1.29 is 14.3 Å². The summed E-state index contributed by atoms with van der Waals surface area (Å²) in [6.07, 6.45) is 1.77. The normalized spacial score (nSPS) is 23.3. The number of nitrogen functional groups attached to an aromatic ring is 1. The van der Waals surface area contributed by atoms with Gasteiger partial charge < -0.3 is 20.5 Å². The van der Waals surface area contributed by atoms with Crippen molar-refractivity contribution in [2.75, 3.05) is 37.8 Å². The minimum atomic E-state index is -0.410. The molecule has 0 aliphatic carbocycles. The Kier molecular flexibility index (Phi) is 6.20. The van der Waals surface area contributed by atoms with Crippen LogP contribution in [0.15, 0.2) is 16.7 Å². The van der Waals surface area contributed by atoms with Crippen LogP contribution in [-0.4, -0.2) is 60.8 Å². The summed E-state index contributed by atoms with van der Waals surface area (Å²) in [5.41, 5.74) is 6.55. The molecule has 3 unspecified atom stereocenters. The van der Waals surface area contributed by atoms with Gasteiger partial charge in [-0.3, -0.25) is 9.69 Å². The molecule has 1 aliphatic heterocycles. The van der Waals surface area contributed by atoms with Crippen molar-refractivity contribution >= 4 is 33.4 Å². The van der Waals surface area contributed by atoms with Crippen molar-refractivity contribution in [1.29, 1.82) is 0 Å². The number of anilines is 2. The standard InChI is InChI=1S/C15H23BrN4O3/c1-9-7-20(8-10(2)23-9)13(15(21)22-3)6-18-12-4-11(16)5-19-14(12)17/h4-5,9-10,13,18H,6-8H2,1-3H3,(H2,17,19). The van der Waals surface area contributed by atoms with Crippen molar-refractivity contribution in [2.45, 2.75) is 32.1 Å². The van der Waals surface area contributed by atoms with Crippen LogP contribution in [0.1, 0.15) is 13.8 Å². The Morgan fingerprint density at radius 2 is 2.22 bits per heavy atom. The third-order valence-electron chi connectivity index (χ3n) is 3.73. The SMILES string of the molecule is COC(=O)C(CNc1cc(Br)cnc1N)N1CC(C)OC(C)C1. The van der Waals surface area contributed by atoms with Gasteiger partial charge in [-0.05, 0) is 35.8 Å². The zero-order chi connectivity index (χ0) is 17.0. The fourth-order valence-electron chi connectivity index (χ4n) is 2.77. The first kappa shape index (κ1) is 18.0. The number of carbonyl (C=O) groups excluding carboxylic acids is 1. The molecule has 1 aromatic rings. The number of nitrogens with zero attached hydrogens (tertiary/aromatic N) is 2. The Morgan fingerprint density at radius 1 is 1.57 bits per heavy atom. The number of methoxy groups -OCH3 is 1. The van der Waals surface area contributed by atoms with Crippen LogP contribution >= 0.6 is 15.9 Å². The molecule has 8 heteroatoms. The van der Waals surface area contributed by atoms with Gasteiger partial charge in [0.25, 0.3) is 0 Å². The number of nitrogens with two attached hydrogens (primary N) is 1. The van der Waals surface area contributed by atoms with Gasteiger partial charge in [-0.2, -0.15) is 0 Å². The third kappa shape index (κ3) is 4.79. The Bertz CT molecular complexity index is 548. The average molecular weight is 387 g/mol. The number of hydrogen-bond donors (Lipinski definition) is 2. The highest BCUT2D eigenvalue weighted by Gasteiger charge is 2.32. The van der Waals surface area contributed by atoms with Crippen molar-refractivity contribution in [3.05, 3.63) is 16.7 Å². The number of ether oxygens (including phenoxy) is 2. The van der Waals surface area contributed by atoms with E-state index in [0.717, 1.165) is 4.47 Å². The monoisotopic (exact) mass is 386 g/mol. The molecule has 1 aliphatic rings. The van der Waals surface area contributed by atoms with Crippen LogP contribution in [0.3, 0.4) is 0 Å². The van der Waals surface area contributed by atoms with E-state index in [1.165, 1.54) is 7.11 Å². The zero-order valence-electron chi connectivity index (χ0n) is 13.6. The molecular weight excluding hydrogens is 364 g/mol. The molecule has 3 atom stereocenters. The third-order valence-corrected chi connectivity index (χ3v) is 4.17. The van der Waals surface area contributed by atoms with E-state index in [1.54, 1.807) is 6.20 Å². The maximum absolute atomic E-state index is 12.2. The first-order chi connectivity index (χ1) is 10.9. The van der Waals surface area contributed by atoms with E-state index < -0.39 is 6.04 Å². The predicted octanol–water partition coefficient (Wildman–Crippen LogP) is 1.49. The number of nitrogens with one attached hydrogen (secondary N) is 1. The van der Waals surface area contributed by atoms with Gasteiger partial charge in [-0.1, -0.05) is 0 Å². The lowest BCUT2D eigenvalue weighted by atomic mass is 10.1. The van der Waals surface area contributed by atoms with Crippen LogP contribution in [0.25, 0.3) is 0 Å². The van der Waals surface area contributed by atoms with Crippen molar-refractivity contribution in [3.8, 4) is 0 Å². The summed E-state index contributed by atoms with van der Waals surface area (Å²) in [5.74, 6) is 0.112. The number of esters is 1. The van der Waals surface area contributed by atoms with E-state index in [4.69, 9.17) is 15.2 Å². The summed E-state index contributed by atoms with van der Waals surface area (Å²) in [7, 11) is 1.40. The molecule has 1 saturated heterocycles. The highest BCUT2D eigenvalue weighted by atomic mass is 79.9. The summed E-state index contributed by atoms with van der Waals surface area (Å²) in [6.45, 7) is 5.74. The van der Waals surface area contributed by atoms with Crippen molar-refractivity contribution in [1.82, 2.24) is 9.88 Å². The minimum Gasteiger partial charge on any atom is -0.468 e. The van der Waals surface area contributed by atoms with E-state index in [1.807, 2.05) is 19.9 Å². The number of rotatable bonds is 5. The second-order valence-corrected chi connectivity index (χ2v) is 6.63. The molecule has 0 aromatic carbocycles. The average Bonchev–Trinajstić information content (AvgIpc) is 2.49. The molecule has 2 rings (SSSR count). The molecule has 0 radical (unpaired) electrons. The molecule has 23 heavy (non-hydrogen) atoms. The number of halogens is 1. The highest BCUT2D eigenvalue weighted by molar-refractivity contribution is 9.10. The second kappa shape index (κ2) is 7.94. The van der Waals surface area contributed by atoms with E-state index in [-0.39, 0.29) is 18.2 Å². The van der Waals surface area contributed by atoms with Crippen LogP contribution in [0.5, 0.6) is 0 Å². The van der Waals surface area contributed by atoms with E-state index in [2.05, 4.69) is 31.1 Å². The second-order valence-electron chi connectivity index (χ2n) is 5.72. The van der Waals surface area contributed by atoms with Crippen molar-refractivity contribution in [3.63, 3.8) is 0 Å². The van der Waals surface area contributed by atoms with Gasteiger partial charge in [0.05, 0.1) is 25.0 Å². The Labute approximate surface area is 144 Å². The van der Waals surface area contributed by atoms with Gasteiger partial charge in [0.2, 0.25) is 0 Å². The van der Waals surface area contributed by atoms with Crippen LogP contribution in [0.2, 0.25) is 0 Å². The van der Waals surface area contributed by atoms with Crippen LogP contribution in [0.4, 0.5) is 11.5 Å². The van der Waals surface area contributed by atoms with Gasteiger partial charge in [-0.25, -0.2) is 4.98 Å². The lowest BCUT2D eigenvalue weighted by molar-refractivity contribution is -0.151. The molecule has 2 heterocycles. The summed E-state index contributed by atoms with van der Waals surface area (Å²) in [6, 6.07) is 1.42. The lowest BCUT2D eigenvalue weighted by Gasteiger charge is -2.39. The largest absolute Gasteiger partial charge is 0.468 e. The van der Waals surface area contributed by atoms with Crippen LogP contribution in [-0.2, 0) is 14.3 Å². The molecule has 0 bridgehead atoms. The molecule has 128 valence electrons. The quantitative estimate of drug-likeness (QED) is 0.740. The highest BCUT2D eigenvalue weighted by Crippen LogP contribution is 2.21. The zero-order valence-corrected chi connectivity index (χ0v) is 15.2. The number of hydrogen-bond acceptors (Lipinski definition) is 7. The molecule has 0 saturated carbocycles. The maximum atomic E-state index is 12.2. The number of carbonyl (C=O) groups is 1. The summed E-state index contributed by atoms with van der Waals surface area (Å²) < 4.78 is 11.5. The number of morpholine rings is 1. The minimum absolute atomic E-state index is 0.0727. The first-order valence-corrected chi connectivity index (χ1v) is 8.32. The summed E-state index contributed by atoms with van der Waals surface area (Å²) in [5, 5.41) is 3.20. The van der Waals surface area contributed by atoms with Gasteiger partial charge in [0, 0.05) is 30.3 Å². The fourth-order valence-corrected chi connectivity index (χ4v) is 3.10. The molecule has 1 aromatic heterocycles. The molecule has 3 N–H and O–H groups in total. The smallest absolute Gasteiger partial charge is 0.324 e. The summed E-state index contributed by atoms with van der Waals surface area (Å²) in [4.78, 5) is 18.4. The first-order valence-electron chi connectivity index (χ1n) is 7.53. The van der Waals surface area contributed by atoms with E-state index >= 15 is 0 Å². The lowest BCUT2D eigenvalue weighted by Crippen LogP contribution is -2.55. The van der Waals surface area contributed by atoms with Gasteiger partial charge in [0.15, 0.2) is 0 Å².